The summed E-state index contributed by atoms with van der Waals surface area (Å²) in [5.41, 5.74) is 4.11. The third kappa shape index (κ3) is 2.57. The molecule has 0 saturated carbocycles. The lowest BCUT2D eigenvalue weighted by molar-refractivity contribution is 1.17. The van der Waals surface area contributed by atoms with E-state index in [9.17, 15) is 0 Å². The van der Waals surface area contributed by atoms with Crippen LogP contribution in [0.15, 0.2) is 47.5 Å². The Hall–Kier alpha value is -1.72. The molecule has 18 heavy (non-hydrogen) atoms. The van der Waals surface area contributed by atoms with E-state index >= 15 is 0 Å². The van der Waals surface area contributed by atoms with E-state index in [-0.39, 0.29) is 0 Å². The molecule has 0 aliphatic carbocycles. The van der Waals surface area contributed by atoms with Crippen molar-refractivity contribution >= 4 is 28.4 Å². The van der Waals surface area contributed by atoms with Crippen LogP contribution >= 0.6 is 22.7 Å². The van der Waals surface area contributed by atoms with Gasteiger partial charge in [0.05, 0.1) is 12.1 Å². The van der Waals surface area contributed by atoms with Crippen molar-refractivity contribution in [1.82, 2.24) is 9.97 Å². The first-order chi connectivity index (χ1) is 8.92. The predicted octanol–water partition coefficient (Wildman–Crippen LogP) is 3.88. The Morgan fingerprint density at radius 3 is 3.00 bits per heavy atom. The second-order valence-corrected chi connectivity index (χ2v) is 5.60. The number of thiazole rings is 2. The van der Waals surface area contributed by atoms with Crippen molar-refractivity contribution in [2.24, 2.45) is 0 Å². The smallest absolute Gasteiger partial charge is 0.123 e. The van der Waals surface area contributed by atoms with Crippen LogP contribution in [0.25, 0.3) is 10.6 Å². The summed E-state index contributed by atoms with van der Waals surface area (Å²) >= 11 is 3.31. The van der Waals surface area contributed by atoms with E-state index in [0.717, 1.165) is 22.8 Å². The molecule has 0 atom stereocenters. The van der Waals surface area contributed by atoms with E-state index in [0.29, 0.717) is 0 Å². The minimum atomic E-state index is 0.811. The standard InChI is InChI=1S/C13H11N3S2/c1-2-10(13-15-4-5-17-13)6-11(3-1)16-8-12-7-14-9-18-12/h1-7,9,16H,8H2. The molecular formula is C13H11N3S2. The summed E-state index contributed by atoms with van der Waals surface area (Å²) in [6.07, 6.45) is 3.72. The molecule has 2 aromatic heterocycles. The van der Waals surface area contributed by atoms with Crippen molar-refractivity contribution in [2.75, 3.05) is 5.32 Å². The fourth-order valence-corrected chi connectivity index (χ4v) is 2.82. The molecule has 0 aliphatic rings. The summed E-state index contributed by atoms with van der Waals surface area (Å²) in [5, 5.41) is 6.44. The average molecular weight is 273 g/mol. The first kappa shape index (κ1) is 11.4. The van der Waals surface area contributed by atoms with Gasteiger partial charge in [0.15, 0.2) is 0 Å². The molecule has 90 valence electrons. The van der Waals surface area contributed by atoms with Crippen LogP contribution in [0, 0.1) is 0 Å². The number of hydrogen-bond donors (Lipinski definition) is 1. The van der Waals surface area contributed by atoms with Crippen LogP contribution in [0.3, 0.4) is 0 Å². The zero-order valence-electron chi connectivity index (χ0n) is 9.54. The van der Waals surface area contributed by atoms with Gasteiger partial charge >= 0.3 is 0 Å². The number of rotatable bonds is 4. The quantitative estimate of drug-likeness (QED) is 0.784. The Kier molecular flexibility index (Phi) is 3.34. The van der Waals surface area contributed by atoms with Gasteiger partial charge in [-0.2, -0.15) is 0 Å². The van der Waals surface area contributed by atoms with Crippen LogP contribution in [0.1, 0.15) is 4.88 Å². The van der Waals surface area contributed by atoms with Crippen molar-refractivity contribution in [1.29, 1.82) is 0 Å². The van der Waals surface area contributed by atoms with Crippen LogP contribution in [-0.4, -0.2) is 9.97 Å². The van der Waals surface area contributed by atoms with E-state index in [4.69, 9.17) is 0 Å². The average Bonchev–Trinajstić information content (AvgIpc) is 3.10. The summed E-state index contributed by atoms with van der Waals surface area (Å²) in [6.45, 7) is 0.811. The molecule has 1 aromatic carbocycles. The molecule has 5 heteroatoms. The zero-order chi connectivity index (χ0) is 12.2. The first-order valence-electron chi connectivity index (χ1n) is 5.53. The van der Waals surface area contributed by atoms with Gasteiger partial charge in [-0.05, 0) is 12.1 Å². The Balaban J connectivity index is 1.75. The minimum Gasteiger partial charge on any atom is -0.380 e. The molecule has 0 fully saturated rings. The van der Waals surface area contributed by atoms with Gasteiger partial charge in [-0.25, -0.2) is 4.98 Å². The lowest BCUT2D eigenvalue weighted by atomic mass is 10.2. The number of aromatic nitrogens is 2. The summed E-state index contributed by atoms with van der Waals surface area (Å²) < 4.78 is 0. The highest BCUT2D eigenvalue weighted by atomic mass is 32.1. The van der Waals surface area contributed by atoms with Gasteiger partial charge < -0.3 is 5.32 Å². The van der Waals surface area contributed by atoms with Crippen LogP contribution < -0.4 is 5.32 Å². The van der Waals surface area contributed by atoms with Gasteiger partial charge in [-0.15, -0.1) is 22.7 Å². The molecule has 0 unspecified atom stereocenters. The summed E-state index contributed by atoms with van der Waals surface area (Å²) in [7, 11) is 0. The molecule has 3 nitrogen and oxygen atoms in total. The lowest BCUT2D eigenvalue weighted by Gasteiger charge is -2.05. The molecule has 0 amide bonds. The Bertz CT molecular complexity index is 603. The number of benzene rings is 1. The zero-order valence-corrected chi connectivity index (χ0v) is 11.2. The van der Waals surface area contributed by atoms with Crippen LogP contribution in [0.2, 0.25) is 0 Å². The van der Waals surface area contributed by atoms with E-state index in [1.165, 1.54) is 4.88 Å². The second-order valence-electron chi connectivity index (χ2n) is 3.74. The number of nitrogens with one attached hydrogen (secondary N) is 1. The van der Waals surface area contributed by atoms with E-state index < -0.39 is 0 Å². The van der Waals surface area contributed by atoms with Crippen molar-refractivity contribution < 1.29 is 0 Å². The van der Waals surface area contributed by atoms with Crippen LogP contribution in [-0.2, 0) is 6.54 Å². The van der Waals surface area contributed by atoms with Crippen molar-refractivity contribution in [3.63, 3.8) is 0 Å². The largest absolute Gasteiger partial charge is 0.380 e. The highest BCUT2D eigenvalue weighted by Gasteiger charge is 2.01. The number of nitrogens with zero attached hydrogens (tertiary/aromatic N) is 2. The van der Waals surface area contributed by atoms with E-state index in [1.807, 2.05) is 29.4 Å². The lowest BCUT2D eigenvalue weighted by Crippen LogP contribution is -1.97. The molecule has 0 aliphatic heterocycles. The molecule has 0 radical (unpaired) electrons. The van der Waals surface area contributed by atoms with Gasteiger partial charge in [0.2, 0.25) is 0 Å². The number of anilines is 1. The minimum absolute atomic E-state index is 0.811. The van der Waals surface area contributed by atoms with Crippen molar-refractivity contribution in [3.8, 4) is 10.6 Å². The van der Waals surface area contributed by atoms with Crippen molar-refractivity contribution in [2.45, 2.75) is 6.54 Å². The predicted molar refractivity (Wildman–Crippen MR) is 77.0 cm³/mol. The SMILES string of the molecule is c1cc(NCc2cncs2)cc(-c2nccs2)c1. The maximum atomic E-state index is 4.32. The maximum absolute atomic E-state index is 4.32. The molecule has 3 aromatic rings. The van der Waals surface area contributed by atoms with E-state index in [2.05, 4.69) is 33.5 Å². The number of hydrogen-bond acceptors (Lipinski definition) is 5. The Morgan fingerprint density at radius 1 is 1.22 bits per heavy atom. The van der Waals surface area contributed by atoms with Crippen molar-refractivity contribution in [3.05, 3.63) is 52.4 Å². The fourth-order valence-electron chi connectivity index (χ4n) is 1.65. The van der Waals surface area contributed by atoms with Crippen LogP contribution in [0.4, 0.5) is 5.69 Å². The second kappa shape index (κ2) is 5.29. The monoisotopic (exact) mass is 273 g/mol. The normalized spacial score (nSPS) is 10.4. The molecule has 0 bridgehead atoms. The highest BCUT2D eigenvalue weighted by Crippen LogP contribution is 2.24. The molecule has 0 saturated heterocycles. The van der Waals surface area contributed by atoms with E-state index in [1.54, 1.807) is 22.7 Å². The third-order valence-electron chi connectivity index (χ3n) is 2.49. The first-order valence-corrected chi connectivity index (χ1v) is 7.29. The van der Waals surface area contributed by atoms with Gasteiger partial charge in [0, 0.05) is 33.9 Å². The fraction of sp³-hybridized carbons (Fsp3) is 0.0769. The third-order valence-corrected chi connectivity index (χ3v) is 4.09. The summed E-state index contributed by atoms with van der Waals surface area (Å²) in [6, 6.07) is 8.32. The van der Waals surface area contributed by atoms with Gasteiger partial charge in [0.25, 0.3) is 0 Å². The maximum Gasteiger partial charge on any atom is 0.123 e. The van der Waals surface area contributed by atoms with Gasteiger partial charge in [-0.3, -0.25) is 4.98 Å². The molecule has 0 spiro atoms. The van der Waals surface area contributed by atoms with Gasteiger partial charge in [0.1, 0.15) is 5.01 Å². The molecular weight excluding hydrogens is 262 g/mol. The topological polar surface area (TPSA) is 37.8 Å². The highest BCUT2D eigenvalue weighted by molar-refractivity contribution is 7.13. The molecule has 1 N–H and O–H groups in total. The Morgan fingerprint density at radius 2 is 2.22 bits per heavy atom. The molecule has 3 rings (SSSR count). The Labute approximate surface area is 113 Å². The summed E-state index contributed by atoms with van der Waals surface area (Å²) in [4.78, 5) is 9.61. The molecule has 2 heterocycles. The van der Waals surface area contributed by atoms with Crippen LogP contribution in [0.5, 0.6) is 0 Å². The summed E-state index contributed by atoms with van der Waals surface area (Å²) in [5.74, 6) is 0. The van der Waals surface area contributed by atoms with Gasteiger partial charge in [-0.1, -0.05) is 12.1 Å².